The van der Waals surface area contributed by atoms with E-state index in [-0.39, 0.29) is 18.1 Å². The van der Waals surface area contributed by atoms with Crippen molar-refractivity contribution in [3.63, 3.8) is 0 Å². The number of hydrogen-bond donors (Lipinski definition) is 1. The zero-order valence-corrected chi connectivity index (χ0v) is 14.1. The fourth-order valence-electron chi connectivity index (χ4n) is 2.25. The number of carbonyl (C=O) groups excluding carboxylic acids is 2. The highest BCUT2D eigenvalue weighted by Crippen LogP contribution is 2.31. The first-order valence-electron chi connectivity index (χ1n) is 7.40. The van der Waals surface area contributed by atoms with Crippen molar-refractivity contribution in [3.05, 3.63) is 53.3 Å². The van der Waals surface area contributed by atoms with Gasteiger partial charge in [0, 0.05) is 18.2 Å². The van der Waals surface area contributed by atoms with Gasteiger partial charge in [-0.3, -0.25) is 4.79 Å². The minimum Gasteiger partial charge on any atom is -0.493 e. The lowest BCUT2D eigenvalue weighted by atomic mass is 10.1. The van der Waals surface area contributed by atoms with E-state index in [9.17, 15) is 14.0 Å². The summed E-state index contributed by atoms with van der Waals surface area (Å²) >= 11 is 0. The highest BCUT2D eigenvalue weighted by molar-refractivity contribution is 5.94. The number of esters is 1. The molecule has 0 unspecified atom stereocenters. The van der Waals surface area contributed by atoms with E-state index >= 15 is 0 Å². The van der Waals surface area contributed by atoms with Gasteiger partial charge in [-0.15, -0.1) is 0 Å². The fourth-order valence-corrected chi connectivity index (χ4v) is 2.25. The summed E-state index contributed by atoms with van der Waals surface area (Å²) in [7, 11) is 2.97. The number of anilines is 1. The second kappa shape index (κ2) is 8.14. The predicted octanol–water partition coefficient (Wildman–Crippen LogP) is 3.16. The van der Waals surface area contributed by atoms with Gasteiger partial charge in [0.15, 0.2) is 11.5 Å². The quantitative estimate of drug-likeness (QED) is 0.813. The number of rotatable bonds is 6. The highest BCUT2D eigenvalue weighted by Gasteiger charge is 2.17. The molecular weight excluding hydrogens is 329 g/mol. The Morgan fingerprint density at radius 1 is 1.12 bits per heavy atom. The third-order valence-corrected chi connectivity index (χ3v) is 3.35. The van der Waals surface area contributed by atoms with Gasteiger partial charge in [-0.2, -0.15) is 0 Å². The summed E-state index contributed by atoms with van der Waals surface area (Å²) < 4.78 is 29.5. The van der Waals surface area contributed by atoms with E-state index in [0.29, 0.717) is 22.7 Å². The number of amides is 1. The maximum Gasteiger partial charge on any atom is 0.341 e. The van der Waals surface area contributed by atoms with Crippen molar-refractivity contribution in [2.24, 2.45) is 0 Å². The number of methoxy groups -OCH3 is 2. The molecule has 0 spiro atoms. The Kier molecular flexibility index (Phi) is 5.94. The van der Waals surface area contributed by atoms with E-state index < -0.39 is 11.8 Å². The van der Waals surface area contributed by atoms with Gasteiger partial charge in [0.2, 0.25) is 5.91 Å². The van der Waals surface area contributed by atoms with Crippen LogP contribution in [0.3, 0.4) is 0 Å². The third kappa shape index (κ3) is 4.47. The SMILES string of the molecule is COc1cccc(COC(=O)c2cc(NC(C)=O)ccc2F)c1OC. The molecule has 132 valence electrons. The Hall–Kier alpha value is -3.09. The molecule has 1 N–H and O–H groups in total. The molecule has 0 atom stereocenters. The normalized spacial score (nSPS) is 10.1. The molecule has 2 aromatic carbocycles. The summed E-state index contributed by atoms with van der Waals surface area (Å²) in [4.78, 5) is 23.3. The lowest BCUT2D eigenvalue weighted by Crippen LogP contribution is -2.11. The number of hydrogen-bond acceptors (Lipinski definition) is 5. The molecule has 0 heterocycles. The monoisotopic (exact) mass is 347 g/mol. The topological polar surface area (TPSA) is 73.9 Å². The van der Waals surface area contributed by atoms with E-state index in [1.54, 1.807) is 18.2 Å². The highest BCUT2D eigenvalue weighted by atomic mass is 19.1. The molecule has 7 heteroatoms. The average Bonchev–Trinajstić information content (AvgIpc) is 2.60. The molecule has 0 aliphatic heterocycles. The molecule has 0 saturated carbocycles. The van der Waals surface area contributed by atoms with E-state index in [1.165, 1.54) is 33.3 Å². The first-order chi connectivity index (χ1) is 12.0. The maximum atomic E-state index is 13.9. The molecule has 0 fully saturated rings. The van der Waals surface area contributed by atoms with Crippen LogP contribution in [0, 0.1) is 5.82 Å². The molecule has 0 bridgehead atoms. The summed E-state index contributed by atoms with van der Waals surface area (Å²) in [6, 6.07) is 8.82. The van der Waals surface area contributed by atoms with Crippen LogP contribution in [0.15, 0.2) is 36.4 Å². The minimum absolute atomic E-state index is 0.122. The summed E-state index contributed by atoms with van der Waals surface area (Å²) in [5.41, 5.74) is 0.613. The van der Waals surface area contributed by atoms with Gasteiger partial charge in [0.1, 0.15) is 12.4 Å². The van der Waals surface area contributed by atoms with E-state index in [2.05, 4.69) is 5.32 Å². The smallest absolute Gasteiger partial charge is 0.341 e. The van der Waals surface area contributed by atoms with E-state index in [4.69, 9.17) is 14.2 Å². The van der Waals surface area contributed by atoms with Gasteiger partial charge in [-0.1, -0.05) is 12.1 Å². The summed E-state index contributed by atoms with van der Waals surface area (Å²) in [6.07, 6.45) is 0. The molecule has 0 aliphatic carbocycles. The van der Waals surface area contributed by atoms with Crippen molar-refractivity contribution >= 4 is 17.6 Å². The minimum atomic E-state index is -0.852. The fraction of sp³-hybridized carbons (Fsp3) is 0.222. The molecule has 2 rings (SSSR count). The van der Waals surface area contributed by atoms with E-state index in [0.717, 1.165) is 6.07 Å². The van der Waals surface area contributed by atoms with Crippen LogP contribution >= 0.6 is 0 Å². The predicted molar refractivity (Wildman–Crippen MR) is 89.4 cm³/mol. The van der Waals surface area contributed by atoms with Crippen LogP contribution < -0.4 is 14.8 Å². The van der Waals surface area contributed by atoms with Crippen LogP contribution in [0.5, 0.6) is 11.5 Å². The molecule has 0 saturated heterocycles. The average molecular weight is 347 g/mol. The first-order valence-corrected chi connectivity index (χ1v) is 7.40. The summed E-state index contributed by atoms with van der Waals surface area (Å²) in [6.45, 7) is 1.19. The molecule has 0 aromatic heterocycles. The second-order valence-electron chi connectivity index (χ2n) is 5.10. The lowest BCUT2D eigenvalue weighted by molar-refractivity contribution is -0.114. The van der Waals surface area contributed by atoms with Gasteiger partial charge in [0.05, 0.1) is 19.8 Å². The standard InChI is InChI=1S/C18H18FNO5/c1-11(21)20-13-7-8-15(19)14(9-13)18(22)25-10-12-5-4-6-16(23-2)17(12)24-3/h4-9H,10H2,1-3H3,(H,20,21). The number of ether oxygens (including phenoxy) is 3. The number of para-hydroxylation sites is 1. The Labute approximate surface area is 144 Å². The van der Waals surface area contributed by atoms with Gasteiger partial charge in [-0.25, -0.2) is 9.18 Å². The second-order valence-corrected chi connectivity index (χ2v) is 5.10. The van der Waals surface area contributed by atoms with Crippen LogP contribution in [-0.4, -0.2) is 26.1 Å². The Morgan fingerprint density at radius 2 is 1.88 bits per heavy atom. The van der Waals surface area contributed by atoms with Crippen LogP contribution in [0.25, 0.3) is 0 Å². The van der Waals surface area contributed by atoms with Gasteiger partial charge >= 0.3 is 5.97 Å². The van der Waals surface area contributed by atoms with Crippen molar-refractivity contribution in [2.75, 3.05) is 19.5 Å². The van der Waals surface area contributed by atoms with Gasteiger partial charge in [0.25, 0.3) is 0 Å². The number of carbonyl (C=O) groups is 2. The third-order valence-electron chi connectivity index (χ3n) is 3.35. The van der Waals surface area contributed by atoms with Crippen LogP contribution in [-0.2, 0) is 16.1 Å². The van der Waals surface area contributed by atoms with Gasteiger partial charge < -0.3 is 19.5 Å². The maximum absolute atomic E-state index is 13.9. The lowest BCUT2D eigenvalue weighted by Gasteiger charge is -2.13. The van der Waals surface area contributed by atoms with Gasteiger partial charge in [-0.05, 0) is 24.3 Å². The number of nitrogens with one attached hydrogen (secondary N) is 1. The molecule has 25 heavy (non-hydrogen) atoms. The molecule has 6 nitrogen and oxygen atoms in total. The van der Waals surface area contributed by atoms with Crippen molar-refractivity contribution in [3.8, 4) is 11.5 Å². The van der Waals surface area contributed by atoms with Crippen LogP contribution in [0.1, 0.15) is 22.8 Å². The Morgan fingerprint density at radius 3 is 2.52 bits per heavy atom. The largest absolute Gasteiger partial charge is 0.493 e. The molecular formula is C18H18FNO5. The molecule has 2 aromatic rings. The first kappa shape index (κ1) is 18.3. The van der Waals surface area contributed by atoms with Crippen LogP contribution in [0.4, 0.5) is 10.1 Å². The van der Waals surface area contributed by atoms with E-state index in [1.807, 2.05) is 0 Å². The van der Waals surface area contributed by atoms with Crippen molar-refractivity contribution < 1.29 is 28.2 Å². The summed E-state index contributed by atoms with van der Waals surface area (Å²) in [5.74, 6) is -0.988. The number of halogens is 1. The zero-order chi connectivity index (χ0) is 18.4. The molecule has 1 amide bonds. The van der Waals surface area contributed by atoms with Crippen molar-refractivity contribution in [1.82, 2.24) is 0 Å². The Balaban J connectivity index is 2.17. The van der Waals surface area contributed by atoms with Crippen molar-refractivity contribution in [2.45, 2.75) is 13.5 Å². The van der Waals surface area contributed by atoms with Crippen LogP contribution in [0.2, 0.25) is 0 Å². The molecule has 0 aliphatic rings. The van der Waals surface area contributed by atoms with Crippen molar-refractivity contribution in [1.29, 1.82) is 0 Å². The summed E-state index contributed by atoms with van der Waals surface area (Å²) in [5, 5.41) is 2.48. The zero-order valence-electron chi connectivity index (χ0n) is 14.1. The molecule has 0 radical (unpaired) electrons. The number of benzene rings is 2. The Bertz CT molecular complexity index is 791.